The van der Waals surface area contributed by atoms with Crippen LogP contribution in [0.5, 0.6) is 0 Å². The van der Waals surface area contributed by atoms with Gasteiger partial charge in [0, 0.05) is 19.7 Å². The zero-order valence-electron chi connectivity index (χ0n) is 8.28. The highest BCUT2D eigenvalue weighted by Gasteiger charge is 2.11. The molecule has 1 rings (SSSR count). The Morgan fingerprint density at radius 2 is 2.38 bits per heavy atom. The Morgan fingerprint density at radius 1 is 1.69 bits per heavy atom. The van der Waals surface area contributed by atoms with Gasteiger partial charge in [-0.05, 0) is 26.0 Å². The van der Waals surface area contributed by atoms with E-state index < -0.39 is 0 Å². The Morgan fingerprint density at radius 3 is 2.92 bits per heavy atom. The van der Waals surface area contributed by atoms with Crippen LogP contribution in [0.3, 0.4) is 0 Å². The molecular weight excluding hydrogens is 166 g/mol. The number of ether oxygens (including phenoxy) is 1. The molecule has 0 aliphatic carbocycles. The molecule has 0 saturated heterocycles. The third-order valence-corrected chi connectivity index (χ3v) is 1.96. The van der Waals surface area contributed by atoms with Gasteiger partial charge in [-0.3, -0.25) is 4.79 Å². The van der Waals surface area contributed by atoms with Crippen molar-refractivity contribution < 1.29 is 9.53 Å². The number of nitrogens with zero attached hydrogens (tertiary/aromatic N) is 1. The topological polar surface area (TPSA) is 31.2 Å². The lowest BCUT2D eigenvalue weighted by molar-refractivity contribution is -0.146. The number of carbonyl (C=O) groups excluding carboxylic acids is 1. The third-order valence-electron chi connectivity index (χ3n) is 1.96. The van der Waals surface area contributed by atoms with Crippen LogP contribution in [-0.2, 0) is 16.1 Å². The van der Waals surface area contributed by atoms with Crippen LogP contribution < -0.4 is 0 Å². The highest BCUT2D eigenvalue weighted by atomic mass is 16.5. The van der Waals surface area contributed by atoms with Crippen molar-refractivity contribution in [2.24, 2.45) is 0 Å². The van der Waals surface area contributed by atoms with Crippen molar-refractivity contribution in [1.29, 1.82) is 0 Å². The fourth-order valence-electron chi connectivity index (χ4n) is 1.39. The van der Waals surface area contributed by atoms with Crippen molar-refractivity contribution in [2.45, 2.75) is 33.4 Å². The Kier molecular flexibility index (Phi) is 3.12. The van der Waals surface area contributed by atoms with E-state index in [9.17, 15) is 4.79 Å². The number of hydrogen-bond acceptors (Lipinski definition) is 2. The lowest BCUT2D eigenvalue weighted by Gasteiger charge is -2.14. The minimum absolute atomic E-state index is 0.160. The number of hydrogen-bond donors (Lipinski definition) is 0. The van der Waals surface area contributed by atoms with Gasteiger partial charge < -0.3 is 9.30 Å². The molecule has 0 bridgehead atoms. The molecule has 0 N–H and O–H groups in total. The van der Waals surface area contributed by atoms with Crippen LogP contribution in [0.4, 0.5) is 0 Å². The maximum absolute atomic E-state index is 10.7. The van der Waals surface area contributed by atoms with Crippen LogP contribution >= 0.6 is 0 Å². The van der Waals surface area contributed by atoms with Gasteiger partial charge in [0.2, 0.25) is 0 Å². The molecule has 1 atom stereocenters. The molecule has 3 nitrogen and oxygen atoms in total. The summed E-state index contributed by atoms with van der Waals surface area (Å²) in [6, 6.07) is 3.93. The molecule has 1 aromatic rings. The third kappa shape index (κ3) is 2.34. The first kappa shape index (κ1) is 9.84. The van der Waals surface area contributed by atoms with Crippen LogP contribution in [0.2, 0.25) is 0 Å². The second-order valence-corrected chi connectivity index (χ2v) is 2.97. The molecule has 0 aliphatic heterocycles. The van der Waals surface area contributed by atoms with Crippen molar-refractivity contribution in [3.05, 3.63) is 24.0 Å². The molecule has 13 heavy (non-hydrogen) atoms. The van der Waals surface area contributed by atoms with Crippen LogP contribution in [0.25, 0.3) is 0 Å². The number of rotatable bonds is 3. The number of carbonyl (C=O) groups is 1. The van der Waals surface area contributed by atoms with Crippen LogP contribution in [-0.4, -0.2) is 10.5 Å². The Labute approximate surface area is 78.3 Å². The first-order valence-corrected chi connectivity index (χ1v) is 4.47. The van der Waals surface area contributed by atoms with Gasteiger partial charge in [0.05, 0.1) is 5.69 Å². The minimum atomic E-state index is -0.239. The van der Waals surface area contributed by atoms with E-state index in [1.54, 1.807) is 0 Å². The molecule has 0 spiro atoms. The molecule has 0 fully saturated rings. The quantitative estimate of drug-likeness (QED) is 0.669. The zero-order valence-corrected chi connectivity index (χ0v) is 8.28. The van der Waals surface area contributed by atoms with Gasteiger partial charge in [0.1, 0.15) is 6.10 Å². The van der Waals surface area contributed by atoms with Gasteiger partial charge >= 0.3 is 5.97 Å². The number of aromatic nitrogens is 1. The summed E-state index contributed by atoms with van der Waals surface area (Å²) in [5.74, 6) is -0.239. The van der Waals surface area contributed by atoms with Gasteiger partial charge in [-0.1, -0.05) is 0 Å². The Bertz CT molecular complexity index is 291. The van der Waals surface area contributed by atoms with Gasteiger partial charge in [-0.2, -0.15) is 0 Å². The SMILES string of the molecule is CCn1cccc1C(C)OC(C)=O. The molecule has 72 valence electrons. The summed E-state index contributed by atoms with van der Waals surface area (Å²) >= 11 is 0. The average Bonchev–Trinajstić information content (AvgIpc) is 2.49. The first-order chi connectivity index (χ1) is 6.15. The Balaban J connectivity index is 2.75. The maximum Gasteiger partial charge on any atom is 0.303 e. The van der Waals surface area contributed by atoms with E-state index in [0.29, 0.717) is 0 Å². The van der Waals surface area contributed by atoms with Crippen molar-refractivity contribution in [3.63, 3.8) is 0 Å². The van der Waals surface area contributed by atoms with Crippen LogP contribution in [0.15, 0.2) is 18.3 Å². The predicted octanol–water partition coefficient (Wildman–Crippen LogP) is 2.13. The van der Waals surface area contributed by atoms with E-state index >= 15 is 0 Å². The molecule has 0 aliphatic rings. The normalized spacial score (nSPS) is 12.5. The van der Waals surface area contributed by atoms with E-state index in [2.05, 4.69) is 11.5 Å². The number of aryl methyl sites for hydroxylation is 1. The van der Waals surface area contributed by atoms with E-state index in [0.717, 1.165) is 12.2 Å². The molecule has 0 radical (unpaired) electrons. The monoisotopic (exact) mass is 181 g/mol. The van der Waals surface area contributed by atoms with Crippen molar-refractivity contribution >= 4 is 5.97 Å². The summed E-state index contributed by atoms with van der Waals surface area (Å²) < 4.78 is 7.14. The minimum Gasteiger partial charge on any atom is -0.456 e. The van der Waals surface area contributed by atoms with Crippen molar-refractivity contribution in [1.82, 2.24) is 4.57 Å². The second-order valence-electron chi connectivity index (χ2n) is 2.97. The number of esters is 1. The van der Waals surface area contributed by atoms with E-state index in [4.69, 9.17) is 4.74 Å². The molecular formula is C10H15NO2. The van der Waals surface area contributed by atoms with Crippen molar-refractivity contribution in [3.8, 4) is 0 Å². The second kappa shape index (κ2) is 4.12. The molecule has 0 saturated carbocycles. The zero-order chi connectivity index (χ0) is 9.84. The van der Waals surface area contributed by atoms with Gasteiger partial charge in [0.25, 0.3) is 0 Å². The van der Waals surface area contributed by atoms with Crippen LogP contribution in [0, 0.1) is 0 Å². The lowest BCUT2D eigenvalue weighted by Crippen LogP contribution is -2.09. The van der Waals surface area contributed by atoms with Gasteiger partial charge in [0.15, 0.2) is 0 Å². The summed E-state index contributed by atoms with van der Waals surface area (Å²) in [6.07, 6.45) is 1.82. The maximum atomic E-state index is 10.7. The van der Waals surface area contributed by atoms with E-state index in [-0.39, 0.29) is 12.1 Å². The molecule has 3 heteroatoms. The fourth-order valence-corrected chi connectivity index (χ4v) is 1.39. The summed E-state index contributed by atoms with van der Waals surface area (Å²) in [4.78, 5) is 10.7. The summed E-state index contributed by atoms with van der Waals surface area (Å²) in [7, 11) is 0. The first-order valence-electron chi connectivity index (χ1n) is 4.47. The Hall–Kier alpha value is -1.25. The highest BCUT2D eigenvalue weighted by Crippen LogP contribution is 2.17. The molecule has 1 unspecified atom stereocenters. The fraction of sp³-hybridized carbons (Fsp3) is 0.500. The molecule has 0 amide bonds. The van der Waals surface area contributed by atoms with Gasteiger partial charge in [-0.15, -0.1) is 0 Å². The van der Waals surface area contributed by atoms with E-state index in [1.807, 2.05) is 25.3 Å². The predicted molar refractivity (Wildman–Crippen MR) is 50.3 cm³/mol. The summed E-state index contributed by atoms with van der Waals surface area (Å²) in [5, 5.41) is 0. The molecule has 1 aromatic heterocycles. The highest BCUT2D eigenvalue weighted by molar-refractivity contribution is 5.66. The summed E-state index contributed by atoms with van der Waals surface area (Å²) in [6.45, 7) is 6.26. The molecule has 0 aromatic carbocycles. The standard InChI is InChI=1S/C10H15NO2/c1-4-11-7-5-6-10(11)8(2)13-9(3)12/h5-8H,4H2,1-3H3. The van der Waals surface area contributed by atoms with Crippen LogP contribution in [0.1, 0.15) is 32.6 Å². The summed E-state index contributed by atoms with van der Waals surface area (Å²) in [5.41, 5.74) is 1.04. The smallest absolute Gasteiger partial charge is 0.303 e. The van der Waals surface area contributed by atoms with Gasteiger partial charge in [-0.25, -0.2) is 0 Å². The lowest BCUT2D eigenvalue weighted by atomic mass is 10.3. The average molecular weight is 181 g/mol. The largest absolute Gasteiger partial charge is 0.456 e. The van der Waals surface area contributed by atoms with Crippen molar-refractivity contribution in [2.75, 3.05) is 0 Å². The van der Waals surface area contributed by atoms with E-state index in [1.165, 1.54) is 6.92 Å². The molecule has 1 heterocycles.